The largest absolute Gasteiger partial charge is 0.393 e. The Morgan fingerprint density at radius 3 is 2.92 bits per heavy atom. The molecule has 2 N–H and O–H groups in total. The van der Waals surface area contributed by atoms with Gasteiger partial charge in [0.1, 0.15) is 5.82 Å². The van der Waals surface area contributed by atoms with Gasteiger partial charge in [-0.3, -0.25) is 4.79 Å². The molecular weight excluding hydrogens is 319 g/mol. The summed E-state index contributed by atoms with van der Waals surface area (Å²) in [6.07, 6.45) is 7.97. The van der Waals surface area contributed by atoms with Gasteiger partial charge in [-0.15, -0.1) is 0 Å². The summed E-state index contributed by atoms with van der Waals surface area (Å²) in [4.78, 5) is 18.0. The summed E-state index contributed by atoms with van der Waals surface area (Å²) in [5.74, 6) is 0.0564. The summed E-state index contributed by atoms with van der Waals surface area (Å²) in [5, 5.41) is 11.3. The van der Waals surface area contributed by atoms with E-state index in [0.29, 0.717) is 6.42 Å². The molecule has 1 aromatic carbocycles. The maximum atomic E-state index is 13.3. The molecule has 2 heterocycles. The van der Waals surface area contributed by atoms with E-state index in [1.165, 1.54) is 12.1 Å². The van der Waals surface area contributed by atoms with Gasteiger partial charge in [-0.2, -0.15) is 0 Å². The monoisotopic (exact) mass is 344 g/mol. The number of rotatable bonds is 3. The van der Waals surface area contributed by atoms with Crippen LogP contribution in [0.5, 0.6) is 0 Å². The van der Waals surface area contributed by atoms with Crippen LogP contribution in [0.15, 0.2) is 24.4 Å². The number of hydrogen-bond donors (Lipinski definition) is 2. The average Bonchev–Trinajstić information content (AvgIpc) is 3.22. The third kappa shape index (κ3) is 3.17. The third-order valence-electron chi connectivity index (χ3n) is 5.97. The topological polar surface area (TPSA) is 56.3 Å². The third-order valence-corrected chi connectivity index (χ3v) is 5.97. The number of aromatic amines is 1. The molecule has 1 aliphatic heterocycles. The fraction of sp³-hybridized carbons (Fsp3) is 0.550. The fourth-order valence-corrected chi connectivity index (χ4v) is 4.71. The highest BCUT2D eigenvalue weighted by Gasteiger charge is 2.38. The van der Waals surface area contributed by atoms with E-state index in [-0.39, 0.29) is 29.8 Å². The minimum Gasteiger partial charge on any atom is -0.393 e. The van der Waals surface area contributed by atoms with Crippen LogP contribution in [-0.4, -0.2) is 39.6 Å². The number of carbonyl (C=O) groups is 1. The Balaban J connectivity index is 1.51. The van der Waals surface area contributed by atoms with Gasteiger partial charge in [0.2, 0.25) is 5.91 Å². The minimum atomic E-state index is -0.280. The average molecular weight is 344 g/mol. The van der Waals surface area contributed by atoms with Crippen molar-refractivity contribution >= 4 is 16.8 Å². The maximum absolute atomic E-state index is 13.3. The van der Waals surface area contributed by atoms with Gasteiger partial charge in [0.15, 0.2) is 0 Å². The van der Waals surface area contributed by atoms with E-state index >= 15 is 0 Å². The molecular formula is C20H25FN2O2. The zero-order chi connectivity index (χ0) is 17.4. The number of aliphatic hydroxyl groups excluding tert-OH is 1. The molecule has 1 saturated carbocycles. The van der Waals surface area contributed by atoms with Gasteiger partial charge in [0.25, 0.3) is 0 Å². The van der Waals surface area contributed by atoms with Crippen molar-refractivity contribution in [3.63, 3.8) is 0 Å². The highest BCUT2D eigenvalue weighted by atomic mass is 19.1. The van der Waals surface area contributed by atoms with Crippen LogP contribution >= 0.6 is 0 Å². The predicted molar refractivity (Wildman–Crippen MR) is 94.7 cm³/mol. The summed E-state index contributed by atoms with van der Waals surface area (Å²) < 4.78 is 13.3. The van der Waals surface area contributed by atoms with Crippen LogP contribution < -0.4 is 0 Å². The number of hydrogen-bond acceptors (Lipinski definition) is 2. The van der Waals surface area contributed by atoms with E-state index in [0.717, 1.165) is 61.5 Å². The maximum Gasteiger partial charge on any atom is 0.227 e. The normalized spacial score (nSPS) is 27.1. The van der Waals surface area contributed by atoms with E-state index < -0.39 is 0 Å². The zero-order valence-corrected chi connectivity index (χ0v) is 14.4. The standard InChI is InChI=1S/C20H25FN2O2/c21-14-7-8-15-13(12-22-17(15)11-14)10-20(25)23-9-3-5-18(23)16-4-1-2-6-19(16)24/h7-8,11-12,16,18-19,22,24H,1-6,9-10H2/t16-,18+,19-/m0/s1. The number of benzene rings is 1. The number of carbonyl (C=O) groups excluding carboxylic acids is 1. The van der Waals surface area contributed by atoms with E-state index in [1.807, 2.05) is 11.1 Å². The first kappa shape index (κ1) is 16.6. The van der Waals surface area contributed by atoms with Crippen LogP contribution in [-0.2, 0) is 11.2 Å². The van der Waals surface area contributed by atoms with Crippen molar-refractivity contribution in [3.8, 4) is 0 Å². The Morgan fingerprint density at radius 2 is 2.08 bits per heavy atom. The Hall–Kier alpha value is -1.88. The van der Waals surface area contributed by atoms with Crippen molar-refractivity contribution in [1.82, 2.24) is 9.88 Å². The van der Waals surface area contributed by atoms with E-state index in [4.69, 9.17) is 0 Å². The lowest BCUT2D eigenvalue weighted by atomic mass is 9.80. The van der Waals surface area contributed by atoms with Crippen molar-refractivity contribution in [2.75, 3.05) is 6.54 Å². The number of amides is 1. The smallest absolute Gasteiger partial charge is 0.227 e. The SMILES string of the molecule is O=C(Cc1c[nH]c2cc(F)ccc12)N1CCC[C@@H]1[C@@H]1CCCC[C@@H]1O. The van der Waals surface area contributed by atoms with Crippen molar-refractivity contribution in [3.05, 3.63) is 35.8 Å². The van der Waals surface area contributed by atoms with E-state index in [1.54, 1.807) is 6.07 Å². The van der Waals surface area contributed by atoms with Crippen molar-refractivity contribution in [2.45, 2.75) is 57.1 Å². The molecule has 4 nitrogen and oxygen atoms in total. The molecule has 0 unspecified atom stereocenters. The van der Waals surface area contributed by atoms with E-state index in [2.05, 4.69) is 4.98 Å². The van der Waals surface area contributed by atoms with Crippen LogP contribution in [0.2, 0.25) is 0 Å². The molecule has 2 aliphatic rings. The molecule has 1 aliphatic carbocycles. The number of aliphatic hydroxyl groups is 1. The summed E-state index contributed by atoms with van der Waals surface area (Å²) in [6.45, 7) is 0.781. The number of aromatic nitrogens is 1. The lowest BCUT2D eigenvalue weighted by molar-refractivity contribution is -0.133. The van der Waals surface area contributed by atoms with Crippen LogP contribution in [0, 0.1) is 11.7 Å². The molecule has 0 radical (unpaired) electrons. The number of H-pyrrole nitrogens is 1. The first-order valence-corrected chi connectivity index (χ1v) is 9.36. The van der Waals surface area contributed by atoms with Gasteiger partial charge < -0.3 is 15.0 Å². The second kappa shape index (κ2) is 6.79. The quantitative estimate of drug-likeness (QED) is 0.897. The second-order valence-corrected chi connectivity index (χ2v) is 7.49. The van der Waals surface area contributed by atoms with Crippen LogP contribution in [0.25, 0.3) is 10.9 Å². The second-order valence-electron chi connectivity index (χ2n) is 7.49. The highest BCUT2D eigenvalue weighted by molar-refractivity contribution is 5.89. The number of nitrogens with one attached hydrogen (secondary N) is 1. The Kier molecular flexibility index (Phi) is 4.50. The van der Waals surface area contributed by atoms with Crippen LogP contribution in [0.4, 0.5) is 4.39 Å². The number of halogens is 1. The molecule has 4 rings (SSSR count). The predicted octanol–water partition coefficient (Wildman–Crippen LogP) is 3.39. The fourth-order valence-electron chi connectivity index (χ4n) is 4.71. The number of nitrogens with zero attached hydrogens (tertiary/aromatic N) is 1. The molecule has 0 bridgehead atoms. The van der Waals surface area contributed by atoms with Crippen LogP contribution in [0.1, 0.15) is 44.1 Å². The molecule has 1 saturated heterocycles. The molecule has 25 heavy (non-hydrogen) atoms. The summed E-state index contributed by atoms with van der Waals surface area (Å²) in [5.41, 5.74) is 1.64. The van der Waals surface area contributed by atoms with Gasteiger partial charge >= 0.3 is 0 Å². The molecule has 0 spiro atoms. The van der Waals surface area contributed by atoms with Gasteiger partial charge in [-0.05, 0) is 49.4 Å². The molecule has 134 valence electrons. The van der Waals surface area contributed by atoms with Crippen molar-refractivity contribution in [1.29, 1.82) is 0 Å². The van der Waals surface area contributed by atoms with Crippen molar-refractivity contribution in [2.24, 2.45) is 5.92 Å². The highest BCUT2D eigenvalue weighted by Crippen LogP contribution is 2.35. The van der Waals surface area contributed by atoms with Gasteiger partial charge in [0, 0.05) is 35.6 Å². The Labute approximate surface area is 147 Å². The number of likely N-dealkylation sites (tertiary alicyclic amines) is 1. The first-order valence-electron chi connectivity index (χ1n) is 9.36. The Morgan fingerprint density at radius 1 is 1.24 bits per heavy atom. The summed E-state index contributed by atoms with van der Waals surface area (Å²) in [6, 6.07) is 4.79. The molecule has 1 amide bonds. The van der Waals surface area contributed by atoms with Crippen molar-refractivity contribution < 1.29 is 14.3 Å². The molecule has 5 heteroatoms. The Bertz CT molecular complexity index is 772. The van der Waals surface area contributed by atoms with E-state index in [9.17, 15) is 14.3 Å². The molecule has 3 atom stereocenters. The summed E-state index contributed by atoms with van der Waals surface area (Å²) >= 11 is 0. The summed E-state index contributed by atoms with van der Waals surface area (Å²) in [7, 11) is 0. The zero-order valence-electron chi connectivity index (χ0n) is 14.4. The number of fused-ring (bicyclic) bond motifs is 1. The van der Waals surface area contributed by atoms with Gasteiger partial charge in [-0.1, -0.05) is 12.8 Å². The lowest BCUT2D eigenvalue weighted by Crippen LogP contribution is -2.45. The van der Waals surface area contributed by atoms with Gasteiger partial charge in [-0.25, -0.2) is 4.39 Å². The first-order chi connectivity index (χ1) is 12.1. The van der Waals surface area contributed by atoms with Gasteiger partial charge in [0.05, 0.1) is 12.5 Å². The van der Waals surface area contributed by atoms with Crippen LogP contribution in [0.3, 0.4) is 0 Å². The lowest BCUT2D eigenvalue weighted by Gasteiger charge is -2.37. The molecule has 2 aromatic rings. The molecule has 1 aromatic heterocycles. The molecule has 2 fully saturated rings. The minimum absolute atomic E-state index is 0.116.